The van der Waals surface area contributed by atoms with Crippen molar-refractivity contribution < 1.29 is 14.3 Å². The van der Waals surface area contributed by atoms with Crippen molar-refractivity contribution in [2.45, 2.75) is 26.3 Å². The molecule has 29 heavy (non-hydrogen) atoms. The van der Waals surface area contributed by atoms with Crippen molar-refractivity contribution in [3.63, 3.8) is 0 Å². The van der Waals surface area contributed by atoms with Crippen LogP contribution >= 0.6 is 0 Å². The molecule has 0 amide bonds. The second kappa shape index (κ2) is 8.66. The number of methoxy groups -OCH3 is 1. The predicted octanol–water partition coefficient (Wildman–Crippen LogP) is 3.81. The average molecular weight is 393 g/mol. The van der Waals surface area contributed by atoms with Gasteiger partial charge in [-0.1, -0.05) is 12.1 Å². The van der Waals surface area contributed by atoms with Gasteiger partial charge in [0.25, 0.3) is 0 Å². The van der Waals surface area contributed by atoms with Crippen molar-refractivity contribution in [2.75, 3.05) is 26.8 Å². The van der Waals surface area contributed by atoms with Crippen molar-refractivity contribution in [1.29, 1.82) is 0 Å². The minimum atomic E-state index is -0.0825. The molecule has 1 aromatic heterocycles. The van der Waals surface area contributed by atoms with Crippen molar-refractivity contribution in [3.05, 3.63) is 54.4 Å². The van der Waals surface area contributed by atoms with E-state index < -0.39 is 0 Å². The van der Waals surface area contributed by atoms with Crippen LogP contribution in [-0.4, -0.2) is 47.2 Å². The standard InChI is InChI=1S/C23H27N3O3/c1-3-29-23(27)17-7-6-14-25(15-17)16-22-24-20-8-4-5-9-21(20)26(22)18-10-12-19(28-2)13-11-18/h4-5,8-13,17H,3,6-7,14-16H2,1-2H3/t17-/m1/s1. The third-order valence-corrected chi connectivity index (χ3v) is 5.45. The number of para-hydroxylation sites is 2. The van der Waals surface area contributed by atoms with E-state index in [0.717, 1.165) is 47.7 Å². The van der Waals surface area contributed by atoms with Gasteiger partial charge in [0.05, 0.1) is 37.2 Å². The summed E-state index contributed by atoms with van der Waals surface area (Å²) in [4.78, 5) is 19.4. The van der Waals surface area contributed by atoms with E-state index in [1.807, 2.05) is 49.4 Å². The smallest absolute Gasteiger partial charge is 0.310 e. The molecule has 0 radical (unpaired) electrons. The number of piperidine rings is 1. The highest BCUT2D eigenvalue weighted by Gasteiger charge is 2.28. The van der Waals surface area contributed by atoms with E-state index >= 15 is 0 Å². The van der Waals surface area contributed by atoms with E-state index in [2.05, 4.69) is 15.5 Å². The first-order valence-corrected chi connectivity index (χ1v) is 10.2. The van der Waals surface area contributed by atoms with E-state index in [1.54, 1.807) is 7.11 Å². The van der Waals surface area contributed by atoms with E-state index in [-0.39, 0.29) is 11.9 Å². The van der Waals surface area contributed by atoms with Crippen LogP contribution in [0.5, 0.6) is 5.75 Å². The Kier molecular flexibility index (Phi) is 5.81. The zero-order valence-corrected chi connectivity index (χ0v) is 17.0. The lowest BCUT2D eigenvalue weighted by Gasteiger charge is -2.31. The third-order valence-electron chi connectivity index (χ3n) is 5.45. The molecule has 0 aliphatic carbocycles. The highest BCUT2D eigenvalue weighted by atomic mass is 16.5. The SMILES string of the molecule is CCOC(=O)[C@@H]1CCCN(Cc2nc3ccccc3n2-c2ccc(OC)cc2)C1. The predicted molar refractivity (Wildman–Crippen MR) is 112 cm³/mol. The number of esters is 1. The second-order valence-electron chi connectivity index (χ2n) is 7.38. The molecule has 6 nitrogen and oxygen atoms in total. The van der Waals surface area contributed by atoms with E-state index in [9.17, 15) is 4.79 Å². The summed E-state index contributed by atoms with van der Waals surface area (Å²) in [6.45, 7) is 4.65. The molecule has 2 heterocycles. The first-order valence-electron chi connectivity index (χ1n) is 10.2. The summed E-state index contributed by atoms with van der Waals surface area (Å²) < 4.78 is 12.7. The molecule has 0 bridgehead atoms. The summed E-state index contributed by atoms with van der Waals surface area (Å²) in [5.74, 6) is 1.66. The molecule has 152 valence electrons. The number of carbonyl (C=O) groups is 1. The summed E-state index contributed by atoms with van der Waals surface area (Å²) in [7, 11) is 1.67. The number of imidazole rings is 1. The zero-order valence-electron chi connectivity index (χ0n) is 17.0. The first-order chi connectivity index (χ1) is 14.2. The number of hydrogen-bond acceptors (Lipinski definition) is 5. The quantitative estimate of drug-likeness (QED) is 0.596. The fourth-order valence-electron chi connectivity index (χ4n) is 4.05. The number of likely N-dealkylation sites (tertiary alicyclic amines) is 1. The van der Waals surface area contributed by atoms with Gasteiger partial charge in [0.15, 0.2) is 0 Å². The van der Waals surface area contributed by atoms with Crippen molar-refractivity contribution >= 4 is 17.0 Å². The molecule has 0 N–H and O–H groups in total. The highest BCUT2D eigenvalue weighted by molar-refractivity contribution is 5.78. The molecule has 1 atom stereocenters. The topological polar surface area (TPSA) is 56.6 Å². The lowest BCUT2D eigenvalue weighted by atomic mass is 9.98. The van der Waals surface area contributed by atoms with Crippen LogP contribution in [0.1, 0.15) is 25.6 Å². The number of aromatic nitrogens is 2. The van der Waals surface area contributed by atoms with Crippen LogP contribution in [0.25, 0.3) is 16.7 Å². The number of fused-ring (bicyclic) bond motifs is 1. The molecule has 3 aromatic rings. The summed E-state index contributed by atoms with van der Waals surface area (Å²) in [5.41, 5.74) is 3.09. The second-order valence-corrected chi connectivity index (χ2v) is 7.38. The summed E-state index contributed by atoms with van der Waals surface area (Å²) in [6.07, 6.45) is 1.89. The Labute approximate surface area is 171 Å². The van der Waals surface area contributed by atoms with Gasteiger partial charge in [-0.3, -0.25) is 14.3 Å². The Morgan fingerprint density at radius 2 is 1.97 bits per heavy atom. The molecule has 0 unspecified atom stereocenters. The zero-order chi connectivity index (χ0) is 20.2. The Bertz CT molecular complexity index is 981. The third kappa shape index (κ3) is 4.12. The maximum Gasteiger partial charge on any atom is 0.310 e. The molecule has 1 aliphatic heterocycles. The molecule has 1 aliphatic rings. The molecule has 0 spiro atoms. The Morgan fingerprint density at radius 1 is 1.17 bits per heavy atom. The Balaban J connectivity index is 1.64. The monoisotopic (exact) mass is 393 g/mol. The molecule has 2 aromatic carbocycles. The molecule has 0 saturated carbocycles. The summed E-state index contributed by atoms with van der Waals surface area (Å²) in [5, 5.41) is 0. The molecule has 4 rings (SSSR count). The minimum absolute atomic E-state index is 0.0532. The molecule has 1 fully saturated rings. The van der Waals surface area contributed by atoms with Gasteiger partial charge in [0.2, 0.25) is 0 Å². The van der Waals surface area contributed by atoms with Crippen molar-refractivity contribution in [2.24, 2.45) is 5.92 Å². The van der Waals surface area contributed by atoms with Crippen LogP contribution in [0.2, 0.25) is 0 Å². The average Bonchev–Trinajstić information content (AvgIpc) is 3.12. The van der Waals surface area contributed by atoms with Crippen molar-refractivity contribution in [1.82, 2.24) is 14.5 Å². The van der Waals surface area contributed by atoms with Crippen molar-refractivity contribution in [3.8, 4) is 11.4 Å². The van der Waals surface area contributed by atoms with Crippen LogP contribution in [0.3, 0.4) is 0 Å². The maximum absolute atomic E-state index is 12.2. The number of ether oxygens (including phenoxy) is 2. The number of rotatable bonds is 6. The van der Waals surface area contributed by atoms with Crippen LogP contribution < -0.4 is 4.74 Å². The number of benzene rings is 2. The molecular weight excluding hydrogens is 366 g/mol. The number of nitrogens with zero attached hydrogens (tertiary/aromatic N) is 3. The fraction of sp³-hybridized carbons (Fsp3) is 0.391. The van der Waals surface area contributed by atoms with Crippen LogP contribution in [0.4, 0.5) is 0 Å². The minimum Gasteiger partial charge on any atom is -0.497 e. The van der Waals surface area contributed by atoms with E-state index in [1.165, 1.54) is 0 Å². The Hall–Kier alpha value is -2.86. The fourth-order valence-corrected chi connectivity index (χ4v) is 4.05. The van der Waals surface area contributed by atoms with Gasteiger partial charge >= 0.3 is 5.97 Å². The lowest BCUT2D eigenvalue weighted by molar-refractivity contribution is -0.150. The van der Waals surface area contributed by atoms with E-state index in [4.69, 9.17) is 14.5 Å². The van der Waals surface area contributed by atoms with Crippen LogP contribution in [0.15, 0.2) is 48.5 Å². The van der Waals surface area contributed by atoms with Gasteiger partial charge in [-0.2, -0.15) is 0 Å². The van der Waals surface area contributed by atoms with Gasteiger partial charge in [-0.25, -0.2) is 4.98 Å². The van der Waals surface area contributed by atoms with Gasteiger partial charge < -0.3 is 9.47 Å². The maximum atomic E-state index is 12.2. The van der Waals surface area contributed by atoms with E-state index in [0.29, 0.717) is 19.7 Å². The summed E-state index contributed by atoms with van der Waals surface area (Å²) in [6, 6.07) is 16.2. The van der Waals surface area contributed by atoms with Crippen LogP contribution in [-0.2, 0) is 16.1 Å². The van der Waals surface area contributed by atoms with Gasteiger partial charge in [-0.15, -0.1) is 0 Å². The number of carbonyl (C=O) groups excluding carboxylic acids is 1. The van der Waals surface area contributed by atoms with Gasteiger partial charge in [0.1, 0.15) is 11.6 Å². The lowest BCUT2D eigenvalue weighted by Crippen LogP contribution is -2.39. The molecule has 1 saturated heterocycles. The molecule has 6 heteroatoms. The largest absolute Gasteiger partial charge is 0.497 e. The highest BCUT2D eigenvalue weighted by Crippen LogP contribution is 2.26. The van der Waals surface area contributed by atoms with Crippen LogP contribution in [0, 0.1) is 5.92 Å². The number of hydrogen-bond donors (Lipinski definition) is 0. The summed E-state index contributed by atoms with van der Waals surface area (Å²) >= 11 is 0. The normalized spacial score (nSPS) is 17.4. The molecular formula is C23H27N3O3. The van der Waals surface area contributed by atoms with Gasteiger partial charge in [0, 0.05) is 12.2 Å². The van der Waals surface area contributed by atoms with Gasteiger partial charge in [-0.05, 0) is 62.7 Å². The Morgan fingerprint density at radius 3 is 2.72 bits per heavy atom. The first kappa shape index (κ1) is 19.5.